The normalized spacial score (nSPS) is 14.5. The van der Waals surface area contributed by atoms with Crippen molar-refractivity contribution in [3.05, 3.63) is 104 Å². The molecule has 0 unspecified atom stereocenters. The molecule has 0 spiro atoms. The van der Waals surface area contributed by atoms with Gasteiger partial charge in [0.05, 0.1) is 15.5 Å². The second-order valence-electron chi connectivity index (χ2n) is 8.16. The maximum atomic E-state index is 12.9. The molecule has 2 amide bonds. The molecule has 1 aliphatic heterocycles. The molecule has 0 atom stereocenters. The van der Waals surface area contributed by atoms with Crippen LogP contribution in [0.15, 0.2) is 65.6 Å². The van der Waals surface area contributed by atoms with Crippen LogP contribution in [-0.4, -0.2) is 21.1 Å². The Morgan fingerprint density at radius 2 is 1.74 bits per heavy atom. The molecule has 1 heterocycles. The SMILES string of the molecule is Cc1cc(C)c(COc2ccc(/C=C3/SC(=S)N(NC(=O)c4ccccc4Cl)C3=O)cc2)cc1C. The van der Waals surface area contributed by atoms with Crippen molar-refractivity contribution < 1.29 is 14.3 Å². The van der Waals surface area contributed by atoms with Gasteiger partial charge in [0.25, 0.3) is 11.8 Å². The third-order valence-corrected chi connectivity index (χ3v) is 7.28. The summed E-state index contributed by atoms with van der Waals surface area (Å²) in [4.78, 5) is 25.8. The summed E-state index contributed by atoms with van der Waals surface area (Å²) in [6.07, 6.45) is 1.73. The van der Waals surface area contributed by atoms with Gasteiger partial charge in [-0.15, -0.1) is 0 Å². The molecule has 1 N–H and O–H groups in total. The minimum atomic E-state index is -0.506. The third-order valence-electron chi connectivity index (χ3n) is 5.65. The lowest BCUT2D eigenvalue weighted by molar-refractivity contribution is -0.123. The van der Waals surface area contributed by atoms with Gasteiger partial charge in [0.15, 0.2) is 4.32 Å². The molecule has 0 bridgehead atoms. The van der Waals surface area contributed by atoms with Crippen molar-refractivity contribution in [1.29, 1.82) is 0 Å². The van der Waals surface area contributed by atoms with E-state index in [0.717, 1.165) is 33.6 Å². The van der Waals surface area contributed by atoms with Crippen LogP contribution in [-0.2, 0) is 11.4 Å². The number of thioether (sulfide) groups is 1. The number of carbonyl (C=O) groups is 2. The number of nitrogens with one attached hydrogen (secondary N) is 1. The van der Waals surface area contributed by atoms with Crippen LogP contribution in [0, 0.1) is 20.8 Å². The first-order valence-electron chi connectivity index (χ1n) is 10.9. The highest BCUT2D eigenvalue weighted by molar-refractivity contribution is 8.26. The number of carbonyl (C=O) groups excluding carboxylic acids is 2. The molecule has 35 heavy (non-hydrogen) atoms. The first kappa shape index (κ1) is 25.0. The highest BCUT2D eigenvalue weighted by atomic mass is 35.5. The van der Waals surface area contributed by atoms with Gasteiger partial charge in [0, 0.05) is 0 Å². The van der Waals surface area contributed by atoms with Crippen molar-refractivity contribution in [2.24, 2.45) is 0 Å². The van der Waals surface area contributed by atoms with Gasteiger partial charge in [-0.2, -0.15) is 5.01 Å². The van der Waals surface area contributed by atoms with Gasteiger partial charge < -0.3 is 4.74 Å². The molecule has 1 fully saturated rings. The largest absolute Gasteiger partial charge is 0.489 e. The average Bonchev–Trinajstić information content (AvgIpc) is 3.09. The average molecular weight is 523 g/mol. The number of rotatable bonds is 6. The summed E-state index contributed by atoms with van der Waals surface area (Å²) in [5.41, 5.74) is 8.49. The van der Waals surface area contributed by atoms with E-state index >= 15 is 0 Å². The number of halogens is 1. The van der Waals surface area contributed by atoms with Crippen LogP contribution in [0.2, 0.25) is 5.02 Å². The molecular formula is C27H23ClN2O3S2. The summed E-state index contributed by atoms with van der Waals surface area (Å²) in [5.74, 6) is -0.168. The zero-order chi connectivity index (χ0) is 25.1. The predicted octanol–water partition coefficient (Wildman–Crippen LogP) is 6.39. The summed E-state index contributed by atoms with van der Waals surface area (Å²) < 4.78 is 6.20. The van der Waals surface area contributed by atoms with Gasteiger partial charge in [-0.1, -0.05) is 59.8 Å². The first-order valence-corrected chi connectivity index (χ1v) is 12.5. The lowest BCUT2D eigenvalue weighted by Gasteiger charge is -2.16. The van der Waals surface area contributed by atoms with Crippen LogP contribution in [0.3, 0.4) is 0 Å². The Bertz CT molecular complexity index is 1350. The van der Waals surface area contributed by atoms with E-state index in [1.54, 1.807) is 30.3 Å². The van der Waals surface area contributed by atoms with E-state index in [1.807, 2.05) is 24.3 Å². The van der Waals surface area contributed by atoms with Crippen LogP contribution in [0.4, 0.5) is 0 Å². The fourth-order valence-electron chi connectivity index (χ4n) is 3.52. The zero-order valence-electron chi connectivity index (χ0n) is 19.4. The van der Waals surface area contributed by atoms with Crippen LogP contribution in [0.5, 0.6) is 5.75 Å². The van der Waals surface area contributed by atoms with Crippen LogP contribution < -0.4 is 10.2 Å². The summed E-state index contributed by atoms with van der Waals surface area (Å²) >= 11 is 12.5. The van der Waals surface area contributed by atoms with E-state index in [2.05, 4.69) is 38.3 Å². The molecule has 1 aliphatic rings. The molecule has 5 nitrogen and oxygen atoms in total. The van der Waals surface area contributed by atoms with Crippen molar-refractivity contribution in [1.82, 2.24) is 10.4 Å². The molecule has 3 aromatic rings. The van der Waals surface area contributed by atoms with E-state index in [1.165, 1.54) is 16.7 Å². The molecule has 0 saturated carbocycles. The van der Waals surface area contributed by atoms with Crippen molar-refractivity contribution in [3.63, 3.8) is 0 Å². The summed E-state index contributed by atoms with van der Waals surface area (Å²) in [6.45, 7) is 6.77. The number of hydrogen-bond acceptors (Lipinski definition) is 5. The van der Waals surface area contributed by atoms with Crippen molar-refractivity contribution in [3.8, 4) is 5.75 Å². The van der Waals surface area contributed by atoms with E-state index in [-0.39, 0.29) is 9.88 Å². The molecular weight excluding hydrogens is 500 g/mol. The Labute approximate surface area is 219 Å². The third kappa shape index (κ3) is 5.75. The van der Waals surface area contributed by atoms with Gasteiger partial charge >= 0.3 is 0 Å². The van der Waals surface area contributed by atoms with E-state index in [0.29, 0.717) is 16.5 Å². The second-order valence-corrected chi connectivity index (χ2v) is 10.2. The lowest BCUT2D eigenvalue weighted by atomic mass is 10.0. The summed E-state index contributed by atoms with van der Waals surface area (Å²) in [7, 11) is 0. The number of aryl methyl sites for hydroxylation is 3. The van der Waals surface area contributed by atoms with Crippen LogP contribution in [0.1, 0.15) is 38.2 Å². The van der Waals surface area contributed by atoms with Gasteiger partial charge in [-0.3, -0.25) is 15.0 Å². The fourth-order valence-corrected chi connectivity index (χ4v) is 4.92. The quantitative estimate of drug-likeness (QED) is 0.300. The van der Waals surface area contributed by atoms with E-state index < -0.39 is 11.8 Å². The molecule has 0 radical (unpaired) electrons. The van der Waals surface area contributed by atoms with Gasteiger partial charge in [-0.25, -0.2) is 0 Å². The number of thiocarbonyl (C=S) groups is 1. The summed E-state index contributed by atoms with van der Waals surface area (Å²) in [6, 6.07) is 18.4. The lowest BCUT2D eigenvalue weighted by Crippen LogP contribution is -2.44. The van der Waals surface area contributed by atoms with Crippen molar-refractivity contribution >= 4 is 57.8 Å². The number of benzene rings is 3. The number of hydrazine groups is 1. The Morgan fingerprint density at radius 3 is 2.46 bits per heavy atom. The smallest absolute Gasteiger partial charge is 0.285 e. The Morgan fingerprint density at radius 1 is 1.06 bits per heavy atom. The Hall–Kier alpha value is -3.13. The van der Waals surface area contributed by atoms with Gasteiger partial charge in [0.1, 0.15) is 12.4 Å². The monoisotopic (exact) mass is 522 g/mol. The molecule has 0 aromatic heterocycles. The molecule has 0 aliphatic carbocycles. The molecule has 8 heteroatoms. The fraction of sp³-hybridized carbons (Fsp3) is 0.148. The Kier molecular flexibility index (Phi) is 7.60. The van der Waals surface area contributed by atoms with Crippen LogP contribution >= 0.6 is 35.6 Å². The minimum Gasteiger partial charge on any atom is -0.489 e. The van der Waals surface area contributed by atoms with E-state index in [4.69, 9.17) is 28.6 Å². The standard InChI is InChI=1S/C27H23ClN2O3S2/c1-16-12-18(3)20(13-17(16)2)15-33-21-10-8-19(9-11-21)14-24-26(32)30(27(34)35-24)29-25(31)22-6-4-5-7-23(22)28/h4-14H,15H2,1-3H3,(H,29,31)/b24-14+. The molecule has 4 rings (SSSR count). The number of ether oxygens (including phenoxy) is 1. The second kappa shape index (κ2) is 10.6. The van der Waals surface area contributed by atoms with Crippen molar-refractivity contribution in [2.45, 2.75) is 27.4 Å². The number of nitrogens with zero attached hydrogens (tertiary/aromatic N) is 1. The maximum absolute atomic E-state index is 12.9. The van der Waals surface area contributed by atoms with Crippen molar-refractivity contribution in [2.75, 3.05) is 0 Å². The molecule has 1 saturated heterocycles. The zero-order valence-corrected chi connectivity index (χ0v) is 21.8. The first-order chi connectivity index (χ1) is 16.7. The minimum absolute atomic E-state index is 0.241. The highest BCUT2D eigenvalue weighted by Crippen LogP contribution is 2.32. The van der Waals surface area contributed by atoms with E-state index in [9.17, 15) is 9.59 Å². The number of amides is 2. The Balaban J connectivity index is 1.41. The van der Waals surface area contributed by atoms with Gasteiger partial charge in [-0.05, 0) is 91.1 Å². The predicted molar refractivity (Wildman–Crippen MR) is 145 cm³/mol. The highest BCUT2D eigenvalue weighted by Gasteiger charge is 2.34. The number of hydrogen-bond donors (Lipinski definition) is 1. The maximum Gasteiger partial charge on any atom is 0.285 e. The van der Waals surface area contributed by atoms with Crippen LogP contribution in [0.25, 0.3) is 6.08 Å². The molecule has 178 valence electrons. The topological polar surface area (TPSA) is 58.6 Å². The summed E-state index contributed by atoms with van der Waals surface area (Å²) in [5, 5.41) is 1.36. The molecule has 3 aromatic carbocycles. The van der Waals surface area contributed by atoms with Gasteiger partial charge in [0.2, 0.25) is 0 Å².